The van der Waals surface area contributed by atoms with Gasteiger partial charge in [0.2, 0.25) is 12.4 Å². The highest BCUT2D eigenvalue weighted by Crippen LogP contribution is 2.35. The molecule has 36 heavy (non-hydrogen) atoms. The van der Waals surface area contributed by atoms with Crippen molar-refractivity contribution in [2.24, 2.45) is 0 Å². The molecule has 12 nitrogen and oxygen atoms in total. The Balaban J connectivity index is 2.47. The number of ether oxygens (including phenoxy) is 7. The van der Waals surface area contributed by atoms with Crippen LogP contribution >= 0.6 is 0 Å². The molecule has 0 radical (unpaired) electrons. The van der Waals surface area contributed by atoms with Crippen molar-refractivity contribution in [3.63, 3.8) is 0 Å². The van der Waals surface area contributed by atoms with Gasteiger partial charge in [0.1, 0.15) is 12.7 Å². The number of aryl methyl sites for hydroxylation is 1. The molecule has 1 aromatic carbocycles. The van der Waals surface area contributed by atoms with Gasteiger partial charge in [0.15, 0.2) is 23.7 Å². The van der Waals surface area contributed by atoms with E-state index in [0.717, 1.165) is 26.3 Å². The van der Waals surface area contributed by atoms with Gasteiger partial charge in [-0.1, -0.05) is 6.07 Å². The molecule has 0 aliphatic carbocycles. The molecule has 1 aromatic rings. The summed E-state index contributed by atoms with van der Waals surface area (Å²) in [5.74, 6) is -2.28. The molecule has 0 amide bonds. The third-order valence-electron chi connectivity index (χ3n) is 5.04. The van der Waals surface area contributed by atoms with E-state index in [1.807, 2.05) is 0 Å². The maximum atomic E-state index is 11.9. The Morgan fingerprint density at radius 1 is 0.861 bits per heavy atom. The summed E-state index contributed by atoms with van der Waals surface area (Å²) in [5.41, 5.74) is 0.884. The van der Waals surface area contributed by atoms with Crippen molar-refractivity contribution in [3.05, 3.63) is 23.8 Å². The lowest BCUT2D eigenvalue weighted by Gasteiger charge is -2.44. The highest BCUT2D eigenvalue weighted by atomic mass is 16.7. The standard InChI is InChI=1S/C24H32O12/c1-13(26)31-12-20-21(32-14(2)27)22(33-15(3)28)23(34-16(4)29)24(36-20)35-18-9-8-17(7-6-10-25)11-19(18)30-5/h8-9,11,20-25H,6-7,10,12H2,1-5H3/t20-,21-,22+,23-,24-/m1/s1/i6+1,10+1. The zero-order valence-corrected chi connectivity index (χ0v) is 20.9. The Morgan fingerprint density at radius 2 is 1.47 bits per heavy atom. The quantitative estimate of drug-likeness (QED) is 0.255. The summed E-state index contributed by atoms with van der Waals surface area (Å²) in [6.45, 7) is 4.27. The molecule has 0 spiro atoms. The van der Waals surface area contributed by atoms with Crippen LogP contribution in [0, 0.1) is 0 Å². The van der Waals surface area contributed by atoms with Crippen molar-refractivity contribution in [3.8, 4) is 11.5 Å². The van der Waals surface area contributed by atoms with Crippen LogP contribution in [0.2, 0.25) is 0 Å². The molecule has 1 fully saturated rings. The number of aliphatic hydroxyl groups is 1. The largest absolute Gasteiger partial charge is 0.493 e. The van der Waals surface area contributed by atoms with E-state index >= 15 is 0 Å². The topological polar surface area (TPSA) is 153 Å². The summed E-state index contributed by atoms with van der Waals surface area (Å²) in [6.07, 6.45) is -5.32. The van der Waals surface area contributed by atoms with E-state index in [1.165, 1.54) is 14.0 Å². The first-order valence-corrected chi connectivity index (χ1v) is 11.3. The molecule has 0 saturated carbocycles. The molecule has 0 bridgehead atoms. The smallest absolute Gasteiger partial charge is 0.303 e. The second-order valence-corrected chi connectivity index (χ2v) is 8.00. The van der Waals surface area contributed by atoms with Gasteiger partial charge in [0, 0.05) is 34.3 Å². The SMILES string of the molecule is COc1cc(C[13CH2][13CH2]O)ccc1O[C@@H]1O[C@H](COC(C)=O)[C@@H](OC(C)=O)[C@H](OC(C)=O)[C@H]1OC(C)=O. The first-order valence-electron chi connectivity index (χ1n) is 11.3. The van der Waals surface area contributed by atoms with Crippen molar-refractivity contribution in [2.75, 3.05) is 20.3 Å². The van der Waals surface area contributed by atoms with Crippen molar-refractivity contribution in [2.45, 2.75) is 71.2 Å². The average Bonchev–Trinajstić information content (AvgIpc) is 2.79. The van der Waals surface area contributed by atoms with E-state index in [-0.39, 0.29) is 19.0 Å². The molecule has 0 aromatic heterocycles. The number of benzene rings is 1. The number of hydrogen-bond donors (Lipinski definition) is 1. The van der Waals surface area contributed by atoms with Gasteiger partial charge < -0.3 is 38.3 Å². The van der Waals surface area contributed by atoms with Crippen molar-refractivity contribution >= 4 is 23.9 Å². The lowest BCUT2D eigenvalue weighted by atomic mass is 9.98. The van der Waals surface area contributed by atoms with Gasteiger partial charge in [0.05, 0.1) is 7.11 Å². The van der Waals surface area contributed by atoms with E-state index in [0.29, 0.717) is 18.6 Å². The van der Waals surface area contributed by atoms with Crippen LogP contribution in [0.25, 0.3) is 0 Å². The van der Waals surface area contributed by atoms with Gasteiger partial charge in [-0.25, -0.2) is 0 Å². The van der Waals surface area contributed by atoms with Gasteiger partial charge >= 0.3 is 23.9 Å². The van der Waals surface area contributed by atoms with Crippen LogP contribution in [0.15, 0.2) is 18.2 Å². The van der Waals surface area contributed by atoms with Crippen molar-refractivity contribution in [1.29, 1.82) is 0 Å². The minimum absolute atomic E-state index is 0.0330. The fourth-order valence-electron chi connectivity index (χ4n) is 3.66. The Hall–Kier alpha value is -3.38. The third kappa shape index (κ3) is 8.38. The van der Waals surface area contributed by atoms with Gasteiger partial charge in [-0.3, -0.25) is 19.2 Å². The lowest BCUT2D eigenvalue weighted by Crippen LogP contribution is -2.63. The van der Waals surface area contributed by atoms with Crippen LogP contribution in [0.5, 0.6) is 11.5 Å². The molecule has 1 heterocycles. The molecule has 2 rings (SSSR count). The van der Waals surface area contributed by atoms with Crippen LogP contribution in [-0.4, -0.2) is 80.0 Å². The average molecular weight is 514 g/mol. The lowest BCUT2D eigenvalue weighted by molar-refractivity contribution is -0.288. The zero-order chi connectivity index (χ0) is 26.8. The van der Waals surface area contributed by atoms with Crippen LogP contribution < -0.4 is 9.47 Å². The predicted molar refractivity (Wildman–Crippen MR) is 121 cm³/mol. The molecule has 12 heteroatoms. The van der Waals surface area contributed by atoms with Gasteiger partial charge in [-0.15, -0.1) is 0 Å². The van der Waals surface area contributed by atoms with Crippen molar-refractivity contribution < 1.29 is 57.4 Å². The zero-order valence-electron chi connectivity index (χ0n) is 20.9. The Morgan fingerprint density at radius 3 is 2.03 bits per heavy atom. The van der Waals surface area contributed by atoms with E-state index in [9.17, 15) is 19.2 Å². The number of methoxy groups -OCH3 is 1. The Labute approximate surface area is 208 Å². The predicted octanol–water partition coefficient (Wildman–Crippen LogP) is 1.08. The second kappa shape index (κ2) is 13.6. The first-order chi connectivity index (χ1) is 17.0. The van der Waals surface area contributed by atoms with E-state index in [2.05, 4.69) is 0 Å². The number of esters is 4. The maximum absolute atomic E-state index is 11.9. The van der Waals surface area contributed by atoms with E-state index < -0.39 is 54.6 Å². The summed E-state index contributed by atoms with van der Waals surface area (Å²) in [7, 11) is 1.44. The first kappa shape index (κ1) is 28.9. The van der Waals surface area contributed by atoms with Crippen LogP contribution in [0.4, 0.5) is 0 Å². The number of carbonyl (C=O) groups excluding carboxylic acids is 4. The molecule has 200 valence electrons. The normalized spacial score (nSPS) is 23.2. The fraction of sp³-hybridized carbons (Fsp3) is 0.583. The minimum atomic E-state index is -1.37. The summed E-state index contributed by atoms with van der Waals surface area (Å²) in [5, 5.41) is 9.08. The monoisotopic (exact) mass is 514 g/mol. The van der Waals surface area contributed by atoms with Crippen LogP contribution in [-0.2, 0) is 49.3 Å². The van der Waals surface area contributed by atoms with Crippen LogP contribution in [0.1, 0.15) is 39.7 Å². The van der Waals surface area contributed by atoms with E-state index in [1.54, 1.807) is 18.2 Å². The molecular weight excluding hydrogens is 482 g/mol. The molecule has 5 atom stereocenters. The highest BCUT2D eigenvalue weighted by Gasteiger charge is 2.53. The third-order valence-corrected chi connectivity index (χ3v) is 5.04. The summed E-state index contributed by atoms with van der Waals surface area (Å²) in [4.78, 5) is 47.1. The second-order valence-electron chi connectivity index (χ2n) is 8.00. The summed E-state index contributed by atoms with van der Waals surface area (Å²) >= 11 is 0. The number of carbonyl (C=O) groups is 4. The van der Waals surface area contributed by atoms with Gasteiger partial charge in [-0.05, 0) is 30.5 Å². The molecular formula is C24H32O12. The Kier molecular flexibility index (Phi) is 10.9. The van der Waals surface area contributed by atoms with Crippen molar-refractivity contribution in [1.82, 2.24) is 0 Å². The molecule has 1 aliphatic rings. The summed E-state index contributed by atoms with van der Waals surface area (Å²) in [6, 6.07) is 5.09. The number of rotatable bonds is 11. The van der Waals surface area contributed by atoms with Gasteiger partial charge in [0.25, 0.3) is 0 Å². The molecule has 1 N–H and O–H groups in total. The molecule has 0 unspecified atom stereocenters. The van der Waals surface area contributed by atoms with E-state index in [4.69, 9.17) is 38.3 Å². The minimum Gasteiger partial charge on any atom is -0.493 e. The summed E-state index contributed by atoms with van der Waals surface area (Å²) < 4.78 is 38.5. The molecule has 1 saturated heterocycles. The number of aliphatic hydroxyl groups excluding tert-OH is 1. The van der Waals surface area contributed by atoms with Gasteiger partial charge in [-0.2, -0.15) is 0 Å². The Bertz CT molecular complexity index is 930. The fourth-order valence-corrected chi connectivity index (χ4v) is 3.66. The number of hydrogen-bond acceptors (Lipinski definition) is 12. The maximum Gasteiger partial charge on any atom is 0.303 e. The highest BCUT2D eigenvalue weighted by molar-refractivity contribution is 5.68. The molecule has 1 aliphatic heterocycles. The van der Waals surface area contributed by atoms with Crippen LogP contribution in [0.3, 0.4) is 0 Å².